The number of ketones is 1. The molecule has 0 amide bonds. The van der Waals surface area contributed by atoms with E-state index in [1.807, 2.05) is 13.0 Å². The van der Waals surface area contributed by atoms with Gasteiger partial charge < -0.3 is 4.74 Å². The van der Waals surface area contributed by atoms with Gasteiger partial charge in [0.25, 0.3) is 0 Å². The van der Waals surface area contributed by atoms with Crippen LogP contribution in [-0.2, 0) is 6.42 Å². The van der Waals surface area contributed by atoms with Crippen molar-refractivity contribution in [1.29, 1.82) is 0 Å². The smallest absolute Gasteiger partial charge is 0.180 e. The minimum Gasteiger partial charge on any atom is -0.496 e. The lowest BCUT2D eigenvalue weighted by molar-refractivity contribution is 0.0978. The van der Waals surface area contributed by atoms with E-state index in [1.165, 1.54) is 0 Å². The van der Waals surface area contributed by atoms with Crippen molar-refractivity contribution in [3.05, 3.63) is 28.8 Å². The van der Waals surface area contributed by atoms with Gasteiger partial charge in [0.15, 0.2) is 5.78 Å². The lowest BCUT2D eigenvalue weighted by atomic mass is 9.88. The molecule has 0 heterocycles. The van der Waals surface area contributed by atoms with Gasteiger partial charge in [0.05, 0.1) is 17.5 Å². The Balaban J connectivity index is 2.60. The Morgan fingerprint density at radius 1 is 1.47 bits per heavy atom. The Morgan fingerprint density at radius 3 is 2.87 bits per heavy atom. The molecule has 1 aliphatic rings. The number of carbonyl (C=O) groups excluding carboxylic acids is 1. The molecule has 2 rings (SSSR count). The summed E-state index contributed by atoms with van der Waals surface area (Å²) < 4.78 is 5.27. The summed E-state index contributed by atoms with van der Waals surface area (Å²) in [6, 6.07) is 4.00. The third kappa shape index (κ3) is 1.81. The third-order valence-corrected chi connectivity index (χ3v) is 3.62. The van der Waals surface area contributed by atoms with Gasteiger partial charge in [0.2, 0.25) is 0 Å². The molecule has 0 saturated carbocycles. The van der Waals surface area contributed by atoms with Crippen LogP contribution in [0.4, 0.5) is 0 Å². The fraction of sp³-hybridized carbons (Fsp3) is 0.417. The lowest BCUT2D eigenvalue weighted by Crippen LogP contribution is -2.23. The zero-order valence-electron chi connectivity index (χ0n) is 8.84. The number of fused-ring (bicyclic) bond motifs is 1. The van der Waals surface area contributed by atoms with E-state index in [1.54, 1.807) is 7.11 Å². The Labute approximate surface area is 97.8 Å². The lowest BCUT2D eigenvalue weighted by Gasteiger charge is -2.21. The number of hydrogen-bond donors (Lipinski definition) is 0. The van der Waals surface area contributed by atoms with Crippen LogP contribution in [0.15, 0.2) is 12.1 Å². The molecule has 0 aromatic heterocycles. The number of ether oxygens (including phenoxy) is 1. The first-order valence-electron chi connectivity index (χ1n) is 4.99. The minimum absolute atomic E-state index is 0.0541. The molecule has 0 bridgehead atoms. The van der Waals surface area contributed by atoms with Crippen molar-refractivity contribution in [3.63, 3.8) is 0 Å². The first kappa shape index (κ1) is 10.7. The summed E-state index contributed by atoms with van der Waals surface area (Å²) in [5.41, 5.74) is 3.02. The van der Waals surface area contributed by atoms with Gasteiger partial charge in [0, 0.05) is 0 Å². The summed E-state index contributed by atoms with van der Waals surface area (Å²) in [5, 5.41) is 0. The second-order valence-corrected chi connectivity index (χ2v) is 4.98. The summed E-state index contributed by atoms with van der Waals surface area (Å²) in [7, 11) is 1.61. The Kier molecular flexibility index (Phi) is 2.83. The topological polar surface area (TPSA) is 26.3 Å². The van der Waals surface area contributed by atoms with Crippen molar-refractivity contribution in [2.24, 2.45) is 0 Å². The van der Waals surface area contributed by atoms with Gasteiger partial charge in [-0.15, -0.1) is 0 Å². The molecule has 1 aliphatic carbocycles. The van der Waals surface area contributed by atoms with Gasteiger partial charge in [-0.3, -0.25) is 4.79 Å². The Hall–Kier alpha value is -0.830. The van der Waals surface area contributed by atoms with Crippen LogP contribution < -0.4 is 4.74 Å². The maximum absolute atomic E-state index is 12.0. The number of carbonyl (C=O) groups is 1. The van der Waals surface area contributed by atoms with Crippen LogP contribution in [0.2, 0.25) is 0 Å². The zero-order chi connectivity index (χ0) is 11.0. The second kappa shape index (κ2) is 3.97. The molecule has 1 aromatic rings. The molecule has 1 atom stereocenters. The average Bonchev–Trinajstić information content (AvgIpc) is 2.22. The van der Waals surface area contributed by atoms with Crippen molar-refractivity contribution < 1.29 is 9.53 Å². The number of aryl methyl sites for hydroxylation is 2. The van der Waals surface area contributed by atoms with Gasteiger partial charge in [-0.05, 0) is 37.0 Å². The summed E-state index contributed by atoms with van der Waals surface area (Å²) in [5.74, 6) is 0.854. The van der Waals surface area contributed by atoms with Gasteiger partial charge in [-0.1, -0.05) is 22.0 Å². The summed E-state index contributed by atoms with van der Waals surface area (Å²) in [6.07, 6.45) is 1.81. The van der Waals surface area contributed by atoms with Gasteiger partial charge >= 0.3 is 0 Å². The van der Waals surface area contributed by atoms with Crippen molar-refractivity contribution in [2.45, 2.75) is 24.6 Å². The Morgan fingerprint density at radius 2 is 2.20 bits per heavy atom. The van der Waals surface area contributed by atoms with Crippen molar-refractivity contribution in [1.82, 2.24) is 0 Å². The van der Waals surface area contributed by atoms with Crippen LogP contribution in [0.25, 0.3) is 0 Å². The first-order valence-corrected chi connectivity index (χ1v) is 5.91. The highest BCUT2D eigenvalue weighted by Gasteiger charge is 2.28. The predicted octanol–water partition coefficient (Wildman–Crippen LogP) is 2.90. The van der Waals surface area contributed by atoms with E-state index >= 15 is 0 Å². The zero-order valence-corrected chi connectivity index (χ0v) is 10.4. The van der Waals surface area contributed by atoms with Crippen molar-refractivity contribution >= 4 is 21.7 Å². The number of Topliss-reactive ketones (excluding diaryl/α,β-unsaturated/α-hetero) is 1. The van der Waals surface area contributed by atoms with Crippen LogP contribution in [0.5, 0.6) is 5.75 Å². The van der Waals surface area contributed by atoms with Crippen molar-refractivity contribution in [2.75, 3.05) is 7.11 Å². The normalized spacial score (nSPS) is 19.9. The predicted molar refractivity (Wildman–Crippen MR) is 63.1 cm³/mol. The molecule has 1 aromatic carbocycles. The monoisotopic (exact) mass is 268 g/mol. The van der Waals surface area contributed by atoms with E-state index in [-0.39, 0.29) is 10.6 Å². The van der Waals surface area contributed by atoms with E-state index in [2.05, 4.69) is 22.0 Å². The number of benzene rings is 1. The maximum atomic E-state index is 12.0. The van der Waals surface area contributed by atoms with Crippen LogP contribution in [0, 0.1) is 6.92 Å². The number of rotatable bonds is 1. The van der Waals surface area contributed by atoms with Gasteiger partial charge in [0.1, 0.15) is 5.75 Å². The highest BCUT2D eigenvalue weighted by atomic mass is 79.9. The van der Waals surface area contributed by atoms with E-state index in [0.717, 1.165) is 29.5 Å². The first-order chi connectivity index (χ1) is 7.13. The van der Waals surface area contributed by atoms with E-state index in [0.29, 0.717) is 5.75 Å². The summed E-state index contributed by atoms with van der Waals surface area (Å²) in [6.45, 7) is 2.02. The van der Waals surface area contributed by atoms with E-state index < -0.39 is 0 Å². The van der Waals surface area contributed by atoms with Crippen LogP contribution in [-0.4, -0.2) is 17.7 Å². The second-order valence-electron chi connectivity index (χ2n) is 3.87. The van der Waals surface area contributed by atoms with E-state index in [4.69, 9.17) is 4.74 Å². The molecule has 0 saturated heterocycles. The molecule has 0 fully saturated rings. The number of methoxy groups -OCH3 is 1. The van der Waals surface area contributed by atoms with Crippen LogP contribution >= 0.6 is 15.9 Å². The largest absolute Gasteiger partial charge is 0.496 e. The molecule has 2 nitrogen and oxygen atoms in total. The number of halogens is 1. The molecular weight excluding hydrogens is 256 g/mol. The van der Waals surface area contributed by atoms with E-state index in [9.17, 15) is 4.79 Å². The summed E-state index contributed by atoms with van der Waals surface area (Å²) in [4.78, 5) is 11.9. The molecule has 80 valence electrons. The Bertz CT molecular complexity index is 395. The van der Waals surface area contributed by atoms with Gasteiger partial charge in [-0.25, -0.2) is 0 Å². The molecule has 0 N–H and O–H groups in total. The number of hydrogen-bond acceptors (Lipinski definition) is 2. The van der Waals surface area contributed by atoms with Crippen LogP contribution in [0.3, 0.4) is 0 Å². The molecule has 0 aliphatic heterocycles. The third-order valence-electron chi connectivity index (χ3n) is 2.75. The minimum atomic E-state index is -0.0541. The van der Waals surface area contributed by atoms with Crippen LogP contribution in [0.1, 0.15) is 27.9 Å². The fourth-order valence-electron chi connectivity index (χ4n) is 2.03. The summed E-state index contributed by atoms with van der Waals surface area (Å²) >= 11 is 3.40. The SMILES string of the molecule is COc1cc(C)cc2c1C(=O)C(Br)CC2. The highest BCUT2D eigenvalue weighted by Crippen LogP contribution is 2.33. The molecule has 3 heteroatoms. The fourth-order valence-corrected chi connectivity index (χ4v) is 2.49. The molecule has 0 spiro atoms. The maximum Gasteiger partial charge on any atom is 0.180 e. The molecule has 0 radical (unpaired) electrons. The van der Waals surface area contributed by atoms with Gasteiger partial charge in [-0.2, -0.15) is 0 Å². The quantitative estimate of drug-likeness (QED) is 0.733. The highest BCUT2D eigenvalue weighted by molar-refractivity contribution is 9.10. The molecular formula is C12H13BrO2. The molecule has 1 unspecified atom stereocenters. The number of alkyl halides is 1. The average molecular weight is 269 g/mol. The molecule has 15 heavy (non-hydrogen) atoms. The van der Waals surface area contributed by atoms with Crippen molar-refractivity contribution in [3.8, 4) is 5.75 Å². The standard InChI is InChI=1S/C12H13BrO2/c1-7-5-8-3-4-9(13)12(14)11(8)10(6-7)15-2/h5-6,9H,3-4H2,1-2H3.